The van der Waals surface area contributed by atoms with E-state index in [9.17, 15) is 0 Å². The van der Waals surface area contributed by atoms with E-state index in [2.05, 4.69) is 77.0 Å². The molecular formula is C15H20BrN3. The monoisotopic (exact) mass is 321 g/mol. The zero-order valence-corrected chi connectivity index (χ0v) is 13.3. The van der Waals surface area contributed by atoms with Gasteiger partial charge in [0, 0.05) is 34.8 Å². The summed E-state index contributed by atoms with van der Waals surface area (Å²) in [6.07, 6.45) is 0.583. The van der Waals surface area contributed by atoms with E-state index >= 15 is 0 Å². The van der Waals surface area contributed by atoms with Crippen molar-refractivity contribution in [1.29, 1.82) is 5.26 Å². The second-order valence-electron chi connectivity index (χ2n) is 5.83. The van der Waals surface area contributed by atoms with E-state index in [1.807, 2.05) is 0 Å². The van der Waals surface area contributed by atoms with Gasteiger partial charge in [-0.05, 0) is 45.2 Å². The standard InChI is InChI=1S/C15H20BrN3/c1-15(2)11-18(3)14(8-9-17)10-19(15)13-6-4-12(16)5-7-13/h4-7,14H,8,10-11H2,1-3H3. The minimum Gasteiger partial charge on any atom is -0.364 e. The maximum absolute atomic E-state index is 8.96. The molecule has 0 bridgehead atoms. The molecule has 4 heteroatoms. The summed E-state index contributed by atoms with van der Waals surface area (Å²) in [5.74, 6) is 0. The first-order valence-electron chi connectivity index (χ1n) is 6.54. The minimum atomic E-state index is 0.0779. The molecule has 1 aromatic rings. The average Bonchev–Trinajstić information content (AvgIpc) is 2.33. The highest BCUT2D eigenvalue weighted by molar-refractivity contribution is 9.10. The van der Waals surface area contributed by atoms with Crippen LogP contribution in [0.4, 0.5) is 5.69 Å². The Bertz CT molecular complexity index is 475. The largest absolute Gasteiger partial charge is 0.364 e. The molecule has 1 aliphatic rings. The Morgan fingerprint density at radius 1 is 1.37 bits per heavy atom. The molecule has 19 heavy (non-hydrogen) atoms. The molecule has 1 heterocycles. The molecule has 0 N–H and O–H groups in total. The Balaban J connectivity index is 2.26. The third-order valence-corrected chi connectivity index (χ3v) is 4.38. The molecule has 1 aromatic carbocycles. The van der Waals surface area contributed by atoms with Gasteiger partial charge in [0.2, 0.25) is 0 Å². The van der Waals surface area contributed by atoms with Crippen LogP contribution in [0.2, 0.25) is 0 Å². The highest BCUT2D eigenvalue weighted by Gasteiger charge is 2.37. The number of nitriles is 1. The topological polar surface area (TPSA) is 30.3 Å². The maximum atomic E-state index is 8.96. The number of halogens is 1. The molecule has 1 unspecified atom stereocenters. The SMILES string of the molecule is CN1CC(C)(C)N(c2ccc(Br)cc2)CC1CC#N. The lowest BCUT2D eigenvalue weighted by atomic mass is 9.94. The van der Waals surface area contributed by atoms with Crippen molar-refractivity contribution in [1.82, 2.24) is 4.90 Å². The molecule has 0 aliphatic carbocycles. The molecule has 102 valence electrons. The van der Waals surface area contributed by atoms with Crippen LogP contribution in [-0.2, 0) is 0 Å². The van der Waals surface area contributed by atoms with Crippen LogP contribution in [0.15, 0.2) is 28.7 Å². The quantitative estimate of drug-likeness (QED) is 0.837. The number of nitrogens with zero attached hydrogens (tertiary/aromatic N) is 3. The van der Waals surface area contributed by atoms with E-state index in [0.29, 0.717) is 12.5 Å². The Hall–Kier alpha value is -1.05. The van der Waals surface area contributed by atoms with Crippen LogP contribution in [0.5, 0.6) is 0 Å². The number of likely N-dealkylation sites (N-methyl/N-ethyl adjacent to an activating group) is 1. The van der Waals surface area contributed by atoms with Crippen molar-refractivity contribution in [3.63, 3.8) is 0 Å². The molecule has 2 rings (SSSR count). The minimum absolute atomic E-state index is 0.0779. The van der Waals surface area contributed by atoms with E-state index in [1.54, 1.807) is 0 Å². The van der Waals surface area contributed by atoms with Crippen molar-refractivity contribution < 1.29 is 0 Å². The lowest BCUT2D eigenvalue weighted by Gasteiger charge is -2.51. The predicted molar refractivity (Wildman–Crippen MR) is 82.2 cm³/mol. The summed E-state index contributed by atoms with van der Waals surface area (Å²) in [4.78, 5) is 4.72. The zero-order valence-electron chi connectivity index (χ0n) is 11.7. The van der Waals surface area contributed by atoms with Gasteiger partial charge in [0.1, 0.15) is 0 Å². The van der Waals surface area contributed by atoms with E-state index in [1.165, 1.54) is 5.69 Å². The van der Waals surface area contributed by atoms with Gasteiger partial charge in [-0.1, -0.05) is 15.9 Å². The molecule has 0 radical (unpaired) electrons. The Morgan fingerprint density at radius 3 is 2.58 bits per heavy atom. The first kappa shape index (κ1) is 14.4. The summed E-state index contributed by atoms with van der Waals surface area (Å²) in [6.45, 7) is 6.39. The summed E-state index contributed by atoms with van der Waals surface area (Å²) < 4.78 is 1.09. The molecule has 0 aromatic heterocycles. The van der Waals surface area contributed by atoms with Gasteiger partial charge in [-0.2, -0.15) is 5.26 Å². The van der Waals surface area contributed by atoms with E-state index in [-0.39, 0.29) is 5.54 Å². The molecule has 0 amide bonds. The second-order valence-corrected chi connectivity index (χ2v) is 6.75. The van der Waals surface area contributed by atoms with Crippen LogP contribution in [0, 0.1) is 11.3 Å². The number of hydrogen-bond acceptors (Lipinski definition) is 3. The van der Waals surface area contributed by atoms with Gasteiger partial charge in [-0.15, -0.1) is 0 Å². The van der Waals surface area contributed by atoms with Crippen LogP contribution < -0.4 is 4.90 Å². The number of rotatable bonds is 2. The fraction of sp³-hybridized carbons (Fsp3) is 0.533. The van der Waals surface area contributed by atoms with Crippen LogP contribution in [0.25, 0.3) is 0 Å². The molecular weight excluding hydrogens is 302 g/mol. The number of benzene rings is 1. The normalized spacial score (nSPS) is 23.1. The van der Waals surface area contributed by atoms with Gasteiger partial charge in [0.05, 0.1) is 12.5 Å². The smallest absolute Gasteiger partial charge is 0.0638 e. The molecule has 1 fully saturated rings. The lowest BCUT2D eigenvalue weighted by molar-refractivity contribution is 0.153. The zero-order chi connectivity index (χ0) is 14.0. The fourth-order valence-electron chi connectivity index (χ4n) is 2.82. The summed E-state index contributed by atoms with van der Waals surface area (Å²) in [5, 5.41) is 8.96. The molecule has 3 nitrogen and oxygen atoms in total. The summed E-state index contributed by atoms with van der Waals surface area (Å²) in [7, 11) is 2.11. The third kappa shape index (κ3) is 3.10. The second kappa shape index (κ2) is 5.52. The van der Waals surface area contributed by atoms with Gasteiger partial charge in [0.25, 0.3) is 0 Å². The first-order chi connectivity index (χ1) is 8.94. The van der Waals surface area contributed by atoms with Crippen LogP contribution in [0.3, 0.4) is 0 Å². The summed E-state index contributed by atoms with van der Waals surface area (Å²) >= 11 is 3.47. The lowest BCUT2D eigenvalue weighted by Crippen LogP contribution is -2.62. The van der Waals surface area contributed by atoms with Gasteiger partial charge in [-0.3, -0.25) is 4.90 Å². The predicted octanol–water partition coefficient (Wildman–Crippen LogP) is 3.26. The first-order valence-corrected chi connectivity index (χ1v) is 7.34. The van der Waals surface area contributed by atoms with Gasteiger partial charge in [0.15, 0.2) is 0 Å². The number of anilines is 1. The highest BCUT2D eigenvalue weighted by atomic mass is 79.9. The van der Waals surface area contributed by atoms with E-state index in [0.717, 1.165) is 17.6 Å². The molecule has 1 saturated heterocycles. The number of hydrogen-bond donors (Lipinski definition) is 0. The summed E-state index contributed by atoms with van der Waals surface area (Å²) in [6, 6.07) is 11.0. The van der Waals surface area contributed by atoms with Gasteiger partial charge in [-0.25, -0.2) is 0 Å². The average molecular weight is 322 g/mol. The van der Waals surface area contributed by atoms with Crippen molar-refractivity contribution in [3.05, 3.63) is 28.7 Å². The number of piperazine rings is 1. The Morgan fingerprint density at radius 2 is 2.00 bits per heavy atom. The highest BCUT2D eigenvalue weighted by Crippen LogP contribution is 2.31. The van der Waals surface area contributed by atoms with Crippen molar-refractivity contribution in [2.45, 2.75) is 31.8 Å². The maximum Gasteiger partial charge on any atom is 0.0638 e. The molecule has 1 aliphatic heterocycles. The van der Waals surface area contributed by atoms with Crippen molar-refractivity contribution in [3.8, 4) is 6.07 Å². The molecule has 0 spiro atoms. The van der Waals surface area contributed by atoms with Crippen molar-refractivity contribution in [2.24, 2.45) is 0 Å². The van der Waals surface area contributed by atoms with E-state index in [4.69, 9.17) is 5.26 Å². The van der Waals surface area contributed by atoms with Crippen LogP contribution in [0.1, 0.15) is 20.3 Å². The fourth-order valence-corrected chi connectivity index (χ4v) is 3.09. The Labute approximate surface area is 123 Å². The van der Waals surface area contributed by atoms with E-state index < -0.39 is 0 Å². The Kier molecular flexibility index (Phi) is 4.17. The van der Waals surface area contributed by atoms with Crippen LogP contribution in [-0.4, -0.2) is 36.6 Å². The molecule has 1 atom stereocenters. The van der Waals surface area contributed by atoms with Crippen LogP contribution >= 0.6 is 15.9 Å². The summed E-state index contributed by atoms with van der Waals surface area (Å²) in [5.41, 5.74) is 1.30. The van der Waals surface area contributed by atoms with Crippen molar-refractivity contribution >= 4 is 21.6 Å². The third-order valence-electron chi connectivity index (χ3n) is 3.85. The van der Waals surface area contributed by atoms with Gasteiger partial charge < -0.3 is 4.90 Å². The van der Waals surface area contributed by atoms with Crippen molar-refractivity contribution in [2.75, 3.05) is 25.0 Å². The molecule has 0 saturated carbocycles. The van der Waals surface area contributed by atoms with Gasteiger partial charge >= 0.3 is 0 Å².